The fourth-order valence-corrected chi connectivity index (χ4v) is 1.14. The molecule has 7 heteroatoms. The average molecular weight is 300 g/mol. The van der Waals surface area contributed by atoms with Crippen molar-refractivity contribution < 1.29 is 42.2 Å². The van der Waals surface area contributed by atoms with Crippen molar-refractivity contribution in [3.8, 4) is 6.07 Å². The van der Waals surface area contributed by atoms with Crippen LogP contribution in [0.5, 0.6) is 0 Å². The second-order valence-electron chi connectivity index (χ2n) is 2.52. The largest absolute Gasteiger partial charge is 0.667 e. The smallest absolute Gasteiger partial charge is 0.286 e. The van der Waals surface area contributed by atoms with Crippen LogP contribution >= 0.6 is 11.6 Å². The molecular weight excluding hydrogens is 294 g/mol. The van der Waals surface area contributed by atoms with E-state index in [-0.39, 0.29) is 53.9 Å². The number of hydrogen-bond acceptors (Lipinski definition) is 3. The Morgan fingerprint density at radius 2 is 2.27 bits per heavy atom. The third-order valence-electron chi connectivity index (χ3n) is 1.59. The summed E-state index contributed by atoms with van der Waals surface area (Å²) in [5, 5.41) is 19.8. The first-order valence-corrected chi connectivity index (χ1v) is 3.99. The summed E-state index contributed by atoms with van der Waals surface area (Å²) in [5.41, 5.74) is 6.69. The van der Waals surface area contributed by atoms with Gasteiger partial charge in [-0.3, -0.25) is 0 Å². The van der Waals surface area contributed by atoms with Crippen molar-refractivity contribution in [3.05, 3.63) is 39.5 Å². The Hall–Kier alpha value is -0.696. The number of pyridine rings is 1. The first kappa shape index (κ1) is 14.3. The maximum Gasteiger partial charge on any atom is 0.286 e. The summed E-state index contributed by atoms with van der Waals surface area (Å²) in [7, 11) is 0. The van der Waals surface area contributed by atoms with E-state index < -0.39 is 12.3 Å². The van der Waals surface area contributed by atoms with Gasteiger partial charge in [0.2, 0.25) is 5.69 Å². The quantitative estimate of drug-likeness (QED) is 0.462. The topological polar surface area (TPSA) is 91.6 Å². The van der Waals surface area contributed by atoms with Crippen molar-refractivity contribution in [2.45, 2.75) is 6.42 Å². The molecule has 15 heavy (non-hydrogen) atoms. The number of hydrogen-bond donors (Lipinski definition) is 0. The van der Waals surface area contributed by atoms with Crippen LogP contribution in [0.1, 0.15) is 11.3 Å². The number of aromatic nitrogens is 1. The molecule has 1 amide bonds. The van der Waals surface area contributed by atoms with E-state index in [1.165, 1.54) is 12.1 Å². The summed E-state index contributed by atoms with van der Waals surface area (Å²) in [4.78, 5) is 10.5. The Kier molecular flexibility index (Phi) is 5.73. The van der Waals surface area contributed by atoms with Crippen molar-refractivity contribution in [1.29, 1.82) is 5.26 Å². The first-order chi connectivity index (χ1) is 6.56. The molecule has 0 aliphatic heterocycles. The molecular formula is C8H5ClN3O2Y-. The van der Waals surface area contributed by atoms with Crippen molar-refractivity contribution in [2.75, 3.05) is 0 Å². The second-order valence-corrected chi connectivity index (χ2v) is 2.91. The minimum Gasteiger partial charge on any atom is -0.667 e. The third kappa shape index (κ3) is 3.42. The molecule has 1 N–H and O–H groups in total. The summed E-state index contributed by atoms with van der Waals surface area (Å²) < 4.78 is 0.284. The van der Waals surface area contributed by atoms with Crippen LogP contribution in [-0.4, -0.2) is 5.91 Å². The van der Waals surface area contributed by atoms with Gasteiger partial charge in [-0.15, -0.1) is 0 Å². The number of nitriles is 1. The minimum absolute atomic E-state index is 0. The van der Waals surface area contributed by atoms with Gasteiger partial charge in [-0.1, -0.05) is 0 Å². The Labute approximate surface area is 116 Å². The van der Waals surface area contributed by atoms with Crippen LogP contribution in [0.15, 0.2) is 12.1 Å². The van der Waals surface area contributed by atoms with Crippen LogP contribution in [0, 0.1) is 16.5 Å². The Morgan fingerprint density at radius 1 is 1.67 bits per heavy atom. The van der Waals surface area contributed by atoms with Crippen LogP contribution in [0.3, 0.4) is 0 Å². The summed E-state index contributed by atoms with van der Waals surface area (Å²) >= 11 is 5.49. The summed E-state index contributed by atoms with van der Waals surface area (Å²) in [6.45, 7) is 0. The fraction of sp³-hybridized carbons (Fsp3) is 0.125. The molecule has 0 aromatic carbocycles. The molecule has 0 saturated heterocycles. The molecule has 5 nitrogen and oxygen atoms in total. The van der Waals surface area contributed by atoms with E-state index in [9.17, 15) is 10.0 Å². The van der Waals surface area contributed by atoms with Gasteiger partial charge in [0.05, 0.1) is 12.3 Å². The maximum absolute atomic E-state index is 11.3. The van der Waals surface area contributed by atoms with Gasteiger partial charge in [-0.05, 0) is 17.7 Å². The van der Waals surface area contributed by atoms with E-state index in [0.29, 0.717) is 0 Å². The molecule has 0 aliphatic carbocycles. The summed E-state index contributed by atoms with van der Waals surface area (Å²) in [6.07, 6.45) is -0.410. The SMILES string of the molecule is N#Cc1ccc(Cl)[n+]([O-])c1CC([NH-])=O.[Y]. The van der Waals surface area contributed by atoms with Gasteiger partial charge < -0.3 is 15.7 Å². The predicted octanol–water partition coefficient (Wildman–Crippen LogP) is 0.964. The molecule has 0 atom stereocenters. The molecule has 1 aromatic rings. The fourth-order valence-electron chi connectivity index (χ4n) is 0.975. The van der Waals surface area contributed by atoms with Crippen LogP contribution in [0.4, 0.5) is 0 Å². The Balaban J connectivity index is 0.00000196. The number of rotatable bonds is 2. The van der Waals surface area contributed by atoms with Gasteiger partial charge in [0, 0.05) is 38.8 Å². The molecule has 1 rings (SSSR count). The van der Waals surface area contributed by atoms with Crippen LogP contribution < -0.4 is 4.73 Å². The molecule has 0 aliphatic rings. The van der Waals surface area contributed by atoms with Crippen LogP contribution in [0.2, 0.25) is 5.15 Å². The number of amides is 1. The van der Waals surface area contributed by atoms with Crippen molar-refractivity contribution in [1.82, 2.24) is 0 Å². The number of carbonyl (C=O) groups is 1. The van der Waals surface area contributed by atoms with Gasteiger partial charge in [-0.25, -0.2) is 0 Å². The zero-order valence-electron chi connectivity index (χ0n) is 7.53. The molecule has 1 aromatic heterocycles. The molecule has 0 saturated carbocycles. The summed E-state index contributed by atoms with van der Waals surface area (Å²) in [5.74, 6) is -0.937. The predicted molar refractivity (Wildman–Crippen MR) is 48.2 cm³/mol. The Morgan fingerprint density at radius 3 is 2.73 bits per heavy atom. The molecule has 0 bridgehead atoms. The van der Waals surface area contributed by atoms with Crippen LogP contribution in [-0.2, 0) is 43.9 Å². The molecule has 0 unspecified atom stereocenters. The monoisotopic (exact) mass is 299 g/mol. The van der Waals surface area contributed by atoms with Gasteiger partial charge in [0.1, 0.15) is 11.6 Å². The van der Waals surface area contributed by atoms with E-state index in [1.807, 2.05) is 0 Å². The van der Waals surface area contributed by atoms with E-state index in [0.717, 1.165) is 0 Å². The number of halogens is 1. The van der Waals surface area contributed by atoms with Gasteiger partial charge in [0.25, 0.3) is 5.15 Å². The number of nitrogens with zero attached hydrogens (tertiary/aromatic N) is 2. The molecule has 0 fully saturated rings. The number of nitrogens with one attached hydrogen (secondary N) is 1. The maximum atomic E-state index is 11.3. The molecule has 75 valence electrons. The number of carbonyl (C=O) groups excluding carboxylic acids is 1. The van der Waals surface area contributed by atoms with Crippen molar-refractivity contribution in [3.63, 3.8) is 0 Å². The Bertz CT molecular complexity index is 431. The normalized spacial score (nSPS) is 8.80. The first-order valence-electron chi connectivity index (χ1n) is 3.61. The van der Waals surface area contributed by atoms with Gasteiger partial charge >= 0.3 is 0 Å². The van der Waals surface area contributed by atoms with E-state index >= 15 is 0 Å². The second kappa shape index (κ2) is 6.01. The van der Waals surface area contributed by atoms with Gasteiger partial charge in [-0.2, -0.15) is 9.99 Å². The van der Waals surface area contributed by atoms with Crippen LogP contribution in [0.25, 0.3) is 5.73 Å². The van der Waals surface area contributed by atoms with Crippen molar-refractivity contribution >= 4 is 17.5 Å². The van der Waals surface area contributed by atoms with E-state index in [1.54, 1.807) is 6.07 Å². The average Bonchev–Trinajstić information content (AvgIpc) is 2.13. The van der Waals surface area contributed by atoms with E-state index in [2.05, 4.69) is 0 Å². The zero-order valence-corrected chi connectivity index (χ0v) is 11.1. The zero-order chi connectivity index (χ0) is 10.7. The minimum atomic E-state index is -0.937. The standard InChI is InChI=1S/C8H6ClN3O2.Y/c9-7-2-1-5(4-10)6(12(7)14)3-8(11)13;/h1-2H,3H2,(H2,11,13);/p-1. The van der Waals surface area contributed by atoms with E-state index in [4.69, 9.17) is 22.6 Å². The summed E-state index contributed by atoms with van der Waals surface area (Å²) in [6, 6.07) is 4.37. The molecule has 0 spiro atoms. The molecule has 1 radical (unpaired) electrons. The van der Waals surface area contributed by atoms with Gasteiger partial charge in [0.15, 0.2) is 0 Å². The molecule has 1 heterocycles. The van der Waals surface area contributed by atoms with Crippen molar-refractivity contribution in [2.24, 2.45) is 0 Å². The third-order valence-corrected chi connectivity index (χ3v) is 1.87.